The number of halogens is 1. The molecule has 0 unspecified atom stereocenters. The van der Waals surface area contributed by atoms with Gasteiger partial charge in [0.05, 0.1) is 17.0 Å². The quantitative estimate of drug-likeness (QED) is 0.702. The molecule has 0 aliphatic carbocycles. The largest absolute Gasteiger partial charge is 0.459 e. The van der Waals surface area contributed by atoms with E-state index in [-0.39, 0.29) is 16.8 Å². The second kappa shape index (κ2) is 8.47. The lowest BCUT2D eigenvalue weighted by Gasteiger charge is -2.11. The molecule has 2 aromatic rings. The molecule has 0 fully saturated rings. The van der Waals surface area contributed by atoms with E-state index in [9.17, 15) is 9.59 Å². The van der Waals surface area contributed by atoms with Crippen LogP contribution in [0.4, 0.5) is 11.4 Å². The van der Waals surface area contributed by atoms with Crippen LogP contribution >= 0.6 is 23.8 Å². The SMILES string of the molecule is CCCC(=O)NC(=S)Nc1ccc(NC(=O)c2ccco2)c(Cl)c1. The van der Waals surface area contributed by atoms with E-state index in [1.54, 1.807) is 30.3 Å². The van der Waals surface area contributed by atoms with E-state index < -0.39 is 5.91 Å². The highest BCUT2D eigenvalue weighted by atomic mass is 35.5. The van der Waals surface area contributed by atoms with Crippen molar-refractivity contribution in [1.82, 2.24) is 5.32 Å². The van der Waals surface area contributed by atoms with Gasteiger partial charge in [-0.3, -0.25) is 9.59 Å². The van der Waals surface area contributed by atoms with E-state index in [2.05, 4.69) is 16.0 Å². The number of carbonyl (C=O) groups is 2. The highest BCUT2D eigenvalue weighted by molar-refractivity contribution is 7.80. The molecule has 0 radical (unpaired) electrons. The molecule has 6 nitrogen and oxygen atoms in total. The van der Waals surface area contributed by atoms with Crippen LogP contribution in [-0.2, 0) is 4.79 Å². The third-order valence-corrected chi connectivity index (χ3v) is 3.47. The number of amides is 2. The molecule has 0 saturated carbocycles. The van der Waals surface area contributed by atoms with Crippen LogP contribution in [0.2, 0.25) is 5.02 Å². The molecule has 126 valence electrons. The Balaban J connectivity index is 1.98. The van der Waals surface area contributed by atoms with Crippen LogP contribution in [0.5, 0.6) is 0 Å². The molecule has 0 aliphatic rings. The number of hydrogen-bond donors (Lipinski definition) is 3. The summed E-state index contributed by atoms with van der Waals surface area (Å²) >= 11 is 11.2. The van der Waals surface area contributed by atoms with Gasteiger partial charge in [0.2, 0.25) is 5.91 Å². The second-order valence-corrected chi connectivity index (χ2v) is 5.69. The third-order valence-electron chi connectivity index (χ3n) is 2.95. The van der Waals surface area contributed by atoms with Gasteiger partial charge in [0, 0.05) is 12.1 Å². The predicted octanol–water partition coefficient (Wildman–Crippen LogP) is 3.80. The number of carbonyl (C=O) groups excluding carboxylic acids is 2. The van der Waals surface area contributed by atoms with E-state index in [1.165, 1.54) is 6.26 Å². The smallest absolute Gasteiger partial charge is 0.291 e. The highest BCUT2D eigenvalue weighted by Crippen LogP contribution is 2.26. The standard InChI is InChI=1S/C16H16ClN3O3S/c1-2-4-14(21)20-16(24)18-10-6-7-12(11(17)9-10)19-15(22)13-5-3-8-23-13/h3,5-9H,2,4H2,1H3,(H,19,22)(H2,18,20,21,24). The molecule has 1 aromatic carbocycles. The van der Waals surface area contributed by atoms with Crippen molar-refractivity contribution in [3.63, 3.8) is 0 Å². The van der Waals surface area contributed by atoms with Gasteiger partial charge in [-0.15, -0.1) is 0 Å². The Morgan fingerprint density at radius 1 is 1.25 bits per heavy atom. The summed E-state index contributed by atoms with van der Waals surface area (Å²) in [5.41, 5.74) is 1.03. The van der Waals surface area contributed by atoms with Crippen molar-refractivity contribution in [3.05, 3.63) is 47.4 Å². The second-order valence-electron chi connectivity index (χ2n) is 4.88. The monoisotopic (exact) mass is 365 g/mol. The maximum Gasteiger partial charge on any atom is 0.291 e. The number of anilines is 2. The van der Waals surface area contributed by atoms with Gasteiger partial charge in [-0.25, -0.2) is 0 Å². The Morgan fingerprint density at radius 2 is 2.04 bits per heavy atom. The van der Waals surface area contributed by atoms with E-state index >= 15 is 0 Å². The Kier molecular flexibility index (Phi) is 6.34. The van der Waals surface area contributed by atoms with E-state index in [0.29, 0.717) is 22.8 Å². The molecule has 2 rings (SSSR count). The molecule has 1 heterocycles. The maximum atomic E-state index is 11.9. The number of rotatable bonds is 5. The minimum atomic E-state index is -0.398. The minimum absolute atomic E-state index is 0.150. The van der Waals surface area contributed by atoms with Crippen molar-refractivity contribution in [2.45, 2.75) is 19.8 Å². The number of benzene rings is 1. The first kappa shape index (κ1) is 18.0. The average Bonchev–Trinajstić information content (AvgIpc) is 3.04. The normalized spacial score (nSPS) is 10.1. The molecule has 24 heavy (non-hydrogen) atoms. The van der Waals surface area contributed by atoms with Crippen LogP contribution < -0.4 is 16.0 Å². The van der Waals surface area contributed by atoms with E-state index in [4.69, 9.17) is 28.2 Å². The summed E-state index contributed by atoms with van der Waals surface area (Å²) in [4.78, 5) is 23.4. The predicted molar refractivity (Wildman–Crippen MR) is 97.4 cm³/mol. The first-order valence-corrected chi connectivity index (χ1v) is 8.03. The van der Waals surface area contributed by atoms with Crippen LogP contribution in [0.15, 0.2) is 41.0 Å². The molecule has 0 atom stereocenters. The fourth-order valence-electron chi connectivity index (χ4n) is 1.86. The number of furan rings is 1. The molecule has 0 aliphatic heterocycles. The molecule has 0 spiro atoms. The fourth-order valence-corrected chi connectivity index (χ4v) is 2.32. The first-order valence-electron chi connectivity index (χ1n) is 7.25. The molecule has 0 bridgehead atoms. The number of thiocarbonyl (C=S) groups is 1. The van der Waals surface area contributed by atoms with Crippen LogP contribution in [-0.4, -0.2) is 16.9 Å². The van der Waals surface area contributed by atoms with Crippen molar-refractivity contribution >= 4 is 52.1 Å². The Hall–Kier alpha value is -2.38. The van der Waals surface area contributed by atoms with Gasteiger partial charge in [0.15, 0.2) is 10.9 Å². The summed E-state index contributed by atoms with van der Waals surface area (Å²) in [6.07, 6.45) is 2.56. The van der Waals surface area contributed by atoms with Gasteiger partial charge >= 0.3 is 0 Å². The number of nitrogens with one attached hydrogen (secondary N) is 3. The molecule has 1 aromatic heterocycles. The van der Waals surface area contributed by atoms with Crippen LogP contribution in [0, 0.1) is 0 Å². The van der Waals surface area contributed by atoms with Gasteiger partial charge in [-0.2, -0.15) is 0 Å². The Morgan fingerprint density at radius 3 is 2.67 bits per heavy atom. The zero-order valence-electron chi connectivity index (χ0n) is 12.9. The summed E-state index contributed by atoms with van der Waals surface area (Å²) in [5, 5.41) is 8.59. The highest BCUT2D eigenvalue weighted by Gasteiger charge is 2.11. The van der Waals surface area contributed by atoms with Gasteiger partial charge < -0.3 is 20.4 Å². The number of hydrogen-bond acceptors (Lipinski definition) is 4. The minimum Gasteiger partial charge on any atom is -0.459 e. The zero-order valence-corrected chi connectivity index (χ0v) is 14.5. The van der Waals surface area contributed by atoms with Crippen molar-refractivity contribution < 1.29 is 14.0 Å². The summed E-state index contributed by atoms with van der Waals surface area (Å²) in [6, 6.07) is 8.08. The third kappa shape index (κ3) is 5.07. The van der Waals surface area contributed by atoms with Gasteiger partial charge in [0.1, 0.15) is 0 Å². The maximum absolute atomic E-state index is 11.9. The molecular formula is C16H16ClN3O3S. The molecule has 0 saturated heterocycles. The summed E-state index contributed by atoms with van der Waals surface area (Å²) in [6.45, 7) is 1.91. The Bertz CT molecular complexity index is 747. The fraction of sp³-hybridized carbons (Fsp3) is 0.188. The van der Waals surface area contributed by atoms with Crippen molar-refractivity contribution in [3.8, 4) is 0 Å². The molecule has 3 N–H and O–H groups in total. The lowest BCUT2D eigenvalue weighted by Crippen LogP contribution is -2.33. The topological polar surface area (TPSA) is 83.4 Å². The molecular weight excluding hydrogens is 350 g/mol. The van der Waals surface area contributed by atoms with Crippen LogP contribution in [0.25, 0.3) is 0 Å². The Labute approximate surface area is 149 Å². The first-order chi connectivity index (χ1) is 11.5. The summed E-state index contributed by atoms with van der Waals surface area (Å²) in [7, 11) is 0. The average molecular weight is 366 g/mol. The summed E-state index contributed by atoms with van der Waals surface area (Å²) in [5.74, 6) is -0.360. The lowest BCUT2D eigenvalue weighted by atomic mass is 10.2. The van der Waals surface area contributed by atoms with Crippen molar-refractivity contribution in [2.24, 2.45) is 0 Å². The van der Waals surface area contributed by atoms with Gasteiger partial charge in [0.25, 0.3) is 5.91 Å². The molecule has 2 amide bonds. The van der Waals surface area contributed by atoms with Gasteiger partial charge in [-0.05, 0) is 49.0 Å². The van der Waals surface area contributed by atoms with Crippen molar-refractivity contribution in [2.75, 3.05) is 10.6 Å². The van der Waals surface area contributed by atoms with Gasteiger partial charge in [-0.1, -0.05) is 18.5 Å². The van der Waals surface area contributed by atoms with Crippen LogP contribution in [0.3, 0.4) is 0 Å². The molecule has 8 heteroatoms. The van der Waals surface area contributed by atoms with E-state index in [1.807, 2.05) is 6.92 Å². The zero-order chi connectivity index (χ0) is 17.5. The van der Waals surface area contributed by atoms with E-state index in [0.717, 1.165) is 6.42 Å². The van der Waals surface area contributed by atoms with Crippen molar-refractivity contribution in [1.29, 1.82) is 0 Å². The lowest BCUT2D eigenvalue weighted by molar-refractivity contribution is -0.119. The summed E-state index contributed by atoms with van der Waals surface area (Å²) < 4.78 is 5.02. The van der Waals surface area contributed by atoms with Crippen LogP contribution in [0.1, 0.15) is 30.3 Å².